The largest absolute Gasteiger partial charge is 0.395 e. The molecule has 3 nitrogen and oxygen atoms in total. The van der Waals surface area contributed by atoms with Crippen molar-refractivity contribution in [2.24, 2.45) is 0 Å². The van der Waals surface area contributed by atoms with Crippen molar-refractivity contribution in [2.75, 3.05) is 20.2 Å². The lowest BCUT2D eigenvalue weighted by atomic mass is 10.1. The molecule has 0 aliphatic rings. The van der Waals surface area contributed by atoms with Crippen molar-refractivity contribution >= 4 is 5.91 Å². The van der Waals surface area contributed by atoms with Crippen molar-refractivity contribution in [3.8, 4) is 11.8 Å². The highest BCUT2D eigenvalue weighted by atomic mass is 16.2. The molecule has 1 rings (SSSR count). The van der Waals surface area contributed by atoms with Crippen molar-refractivity contribution in [3.63, 3.8) is 0 Å². The average Bonchev–Trinajstić information content (AvgIpc) is 2.37. The van der Waals surface area contributed by atoms with Gasteiger partial charge in [0.15, 0.2) is 0 Å². The van der Waals surface area contributed by atoms with Gasteiger partial charge < -0.3 is 10.0 Å². The van der Waals surface area contributed by atoms with Crippen LogP contribution < -0.4 is 0 Å². The first-order valence-electron chi connectivity index (χ1n) is 5.64. The van der Waals surface area contributed by atoms with Gasteiger partial charge in [-0.15, -0.1) is 0 Å². The van der Waals surface area contributed by atoms with Crippen LogP contribution >= 0.6 is 0 Å². The minimum Gasteiger partial charge on any atom is -0.395 e. The molecule has 0 unspecified atom stereocenters. The zero-order valence-electron chi connectivity index (χ0n) is 10.2. The van der Waals surface area contributed by atoms with Gasteiger partial charge in [0.25, 0.3) is 5.91 Å². The summed E-state index contributed by atoms with van der Waals surface area (Å²) in [4.78, 5) is 13.5. The number of amides is 1. The minimum atomic E-state index is -0.00157. The van der Waals surface area contributed by atoms with E-state index in [0.717, 1.165) is 5.56 Å². The predicted molar refractivity (Wildman–Crippen MR) is 67.7 cm³/mol. The first kappa shape index (κ1) is 13.3. The van der Waals surface area contributed by atoms with Gasteiger partial charge in [-0.2, -0.15) is 0 Å². The lowest BCUT2D eigenvalue weighted by Crippen LogP contribution is -2.26. The Balaban J connectivity index is 2.87. The summed E-state index contributed by atoms with van der Waals surface area (Å²) in [5.41, 5.74) is 1.44. The minimum absolute atomic E-state index is 0.00157. The first-order chi connectivity index (χ1) is 8.19. The number of hydrogen-bond acceptors (Lipinski definition) is 2. The van der Waals surface area contributed by atoms with Gasteiger partial charge in [0.2, 0.25) is 0 Å². The number of rotatable bonds is 3. The molecule has 3 heteroatoms. The van der Waals surface area contributed by atoms with E-state index >= 15 is 0 Å². The number of nitrogens with zero attached hydrogens (tertiary/aromatic N) is 1. The van der Waals surface area contributed by atoms with Crippen LogP contribution in [-0.4, -0.2) is 36.1 Å². The van der Waals surface area contributed by atoms with Gasteiger partial charge in [-0.25, -0.2) is 0 Å². The lowest BCUT2D eigenvalue weighted by molar-refractivity contribution is 0.0802. The maximum atomic E-state index is 11.9. The van der Waals surface area contributed by atoms with Gasteiger partial charge in [-0.1, -0.05) is 17.9 Å². The van der Waals surface area contributed by atoms with E-state index in [2.05, 4.69) is 11.8 Å². The third kappa shape index (κ3) is 3.93. The molecule has 0 heterocycles. The van der Waals surface area contributed by atoms with Crippen molar-refractivity contribution in [2.45, 2.75) is 13.3 Å². The molecule has 0 radical (unpaired) electrons. The second-order valence-corrected chi connectivity index (χ2v) is 3.68. The van der Waals surface area contributed by atoms with E-state index in [1.165, 1.54) is 0 Å². The van der Waals surface area contributed by atoms with Crippen molar-refractivity contribution in [1.82, 2.24) is 4.90 Å². The van der Waals surface area contributed by atoms with Crippen LogP contribution in [0.1, 0.15) is 29.3 Å². The maximum Gasteiger partial charge on any atom is 0.253 e. The van der Waals surface area contributed by atoms with Crippen LogP contribution in [-0.2, 0) is 0 Å². The lowest BCUT2D eigenvalue weighted by Gasteiger charge is -2.14. The molecule has 1 aromatic rings. The molecule has 0 atom stereocenters. The zero-order valence-corrected chi connectivity index (χ0v) is 10.2. The second kappa shape index (κ2) is 6.72. The smallest absolute Gasteiger partial charge is 0.253 e. The van der Waals surface area contributed by atoms with Crippen LogP contribution in [0.25, 0.3) is 0 Å². The first-order valence-corrected chi connectivity index (χ1v) is 5.64. The Morgan fingerprint density at radius 3 is 2.88 bits per heavy atom. The highest BCUT2D eigenvalue weighted by Crippen LogP contribution is 2.07. The van der Waals surface area contributed by atoms with E-state index in [1.54, 1.807) is 24.1 Å². The van der Waals surface area contributed by atoms with Gasteiger partial charge in [-0.05, 0) is 25.1 Å². The van der Waals surface area contributed by atoms with Crippen LogP contribution in [0.15, 0.2) is 24.3 Å². The molecule has 0 bridgehead atoms. The highest BCUT2D eigenvalue weighted by Gasteiger charge is 2.09. The van der Waals surface area contributed by atoms with E-state index in [-0.39, 0.29) is 12.5 Å². The molecule has 0 saturated carbocycles. The van der Waals surface area contributed by atoms with Crippen molar-refractivity contribution in [1.29, 1.82) is 0 Å². The summed E-state index contributed by atoms with van der Waals surface area (Å²) in [6.45, 7) is 2.67. The van der Waals surface area contributed by atoms with Crippen LogP contribution in [0, 0.1) is 11.8 Å². The van der Waals surface area contributed by atoms with Crippen LogP contribution in [0.3, 0.4) is 0 Å². The SMILES string of the molecule is CCN(C)C(=O)c1cccc(C#CCCO)c1. The molecule has 1 N–H and O–H groups in total. The number of carbonyl (C=O) groups excluding carboxylic acids is 1. The zero-order chi connectivity index (χ0) is 12.7. The molecule has 0 saturated heterocycles. The second-order valence-electron chi connectivity index (χ2n) is 3.68. The molecule has 0 aromatic heterocycles. The van der Waals surface area contributed by atoms with E-state index < -0.39 is 0 Å². The number of aliphatic hydroxyl groups is 1. The van der Waals surface area contributed by atoms with Gasteiger partial charge >= 0.3 is 0 Å². The van der Waals surface area contributed by atoms with E-state index in [4.69, 9.17) is 5.11 Å². The van der Waals surface area contributed by atoms with Crippen molar-refractivity contribution < 1.29 is 9.90 Å². The molecule has 1 aromatic carbocycles. The number of aliphatic hydroxyl groups excluding tert-OH is 1. The Labute approximate surface area is 102 Å². The number of hydrogen-bond donors (Lipinski definition) is 1. The summed E-state index contributed by atoms with van der Waals surface area (Å²) in [6, 6.07) is 7.23. The molecular weight excluding hydrogens is 214 g/mol. The van der Waals surface area contributed by atoms with Crippen LogP contribution in [0.2, 0.25) is 0 Å². The Morgan fingerprint density at radius 1 is 1.47 bits per heavy atom. The fourth-order valence-electron chi connectivity index (χ4n) is 1.31. The van der Waals surface area contributed by atoms with Gasteiger partial charge in [0.1, 0.15) is 0 Å². The van der Waals surface area contributed by atoms with Gasteiger partial charge in [0.05, 0.1) is 6.61 Å². The molecule has 0 fully saturated rings. The molecular formula is C14H17NO2. The standard InChI is InChI=1S/C14H17NO2/c1-3-15(2)14(17)13-9-6-8-12(11-13)7-4-5-10-16/h6,8-9,11,16H,3,5,10H2,1-2H3. The summed E-state index contributed by atoms with van der Waals surface area (Å²) in [6.07, 6.45) is 0.451. The molecule has 1 amide bonds. The van der Waals surface area contributed by atoms with Gasteiger partial charge in [0, 0.05) is 31.1 Å². The average molecular weight is 231 g/mol. The topological polar surface area (TPSA) is 40.5 Å². The van der Waals surface area contributed by atoms with Gasteiger partial charge in [-0.3, -0.25) is 4.79 Å². The fraction of sp³-hybridized carbons (Fsp3) is 0.357. The molecule has 0 aliphatic heterocycles. The Hall–Kier alpha value is -1.79. The highest BCUT2D eigenvalue weighted by molar-refractivity contribution is 5.94. The third-order valence-electron chi connectivity index (χ3n) is 2.40. The summed E-state index contributed by atoms with van der Waals surface area (Å²) >= 11 is 0. The van der Waals surface area contributed by atoms with E-state index in [1.807, 2.05) is 19.1 Å². The normalized spacial score (nSPS) is 9.35. The monoisotopic (exact) mass is 231 g/mol. The fourth-order valence-corrected chi connectivity index (χ4v) is 1.31. The molecule has 17 heavy (non-hydrogen) atoms. The Kier molecular flexibility index (Phi) is 5.25. The third-order valence-corrected chi connectivity index (χ3v) is 2.40. The van der Waals surface area contributed by atoms with Crippen molar-refractivity contribution in [3.05, 3.63) is 35.4 Å². The number of benzene rings is 1. The molecule has 90 valence electrons. The molecule has 0 spiro atoms. The quantitative estimate of drug-likeness (QED) is 0.801. The molecule has 0 aliphatic carbocycles. The van der Waals surface area contributed by atoms with E-state index in [0.29, 0.717) is 18.5 Å². The summed E-state index contributed by atoms with van der Waals surface area (Å²) in [5, 5.41) is 8.63. The number of carbonyl (C=O) groups is 1. The maximum absolute atomic E-state index is 11.9. The summed E-state index contributed by atoms with van der Waals surface area (Å²) in [5.74, 6) is 5.75. The van der Waals surface area contributed by atoms with Crippen LogP contribution in [0.4, 0.5) is 0 Å². The Bertz CT molecular complexity index is 443. The predicted octanol–water partition coefficient (Wildman–Crippen LogP) is 1.51. The van der Waals surface area contributed by atoms with E-state index in [9.17, 15) is 4.79 Å². The summed E-state index contributed by atoms with van der Waals surface area (Å²) in [7, 11) is 1.77. The van der Waals surface area contributed by atoms with Crippen LogP contribution in [0.5, 0.6) is 0 Å². The summed E-state index contributed by atoms with van der Waals surface area (Å²) < 4.78 is 0. The Morgan fingerprint density at radius 2 is 2.24 bits per heavy atom.